The third-order valence-electron chi connectivity index (χ3n) is 5.87. The van der Waals surface area contributed by atoms with E-state index >= 15 is 0 Å². The van der Waals surface area contributed by atoms with Gasteiger partial charge >= 0.3 is 11.6 Å². The molecule has 1 aliphatic carbocycles. The van der Waals surface area contributed by atoms with Gasteiger partial charge in [0.1, 0.15) is 11.5 Å². The number of hydrogen-bond acceptors (Lipinski definition) is 6. The quantitative estimate of drug-likeness (QED) is 0.215. The van der Waals surface area contributed by atoms with Crippen LogP contribution in [0.4, 0.5) is 4.39 Å². The molecule has 2 aromatic rings. The molecule has 1 fully saturated rings. The topological polar surface area (TPSA) is 75.0 Å². The molecule has 0 radical (unpaired) electrons. The maximum Gasteiger partial charge on any atom is 0.374 e. The summed E-state index contributed by atoms with van der Waals surface area (Å²) in [6, 6.07) is 4.32. The molecule has 1 aromatic carbocycles. The highest BCUT2D eigenvalue weighted by molar-refractivity contribution is 5.92. The summed E-state index contributed by atoms with van der Waals surface area (Å²) in [4.78, 5) is 25.1. The van der Waals surface area contributed by atoms with Gasteiger partial charge in [-0.3, -0.25) is 0 Å². The van der Waals surface area contributed by atoms with E-state index in [0.717, 1.165) is 38.5 Å². The van der Waals surface area contributed by atoms with Gasteiger partial charge in [-0.2, -0.15) is 0 Å². The van der Waals surface area contributed by atoms with Crippen LogP contribution in [0.5, 0.6) is 5.75 Å². The van der Waals surface area contributed by atoms with E-state index in [1.54, 1.807) is 0 Å². The van der Waals surface area contributed by atoms with Crippen molar-refractivity contribution in [3.8, 4) is 5.75 Å². The number of carbonyl (C=O) groups excluding carboxylic acids is 1. The number of rotatable bonds is 12. The molecule has 1 aromatic heterocycles. The van der Waals surface area contributed by atoms with Gasteiger partial charge in [0.15, 0.2) is 11.6 Å². The zero-order valence-electron chi connectivity index (χ0n) is 19.7. The lowest BCUT2D eigenvalue weighted by Crippen LogP contribution is -2.24. The predicted octanol–water partition coefficient (Wildman–Crippen LogP) is 5.98. The van der Waals surface area contributed by atoms with E-state index in [1.807, 2.05) is 13.0 Å². The number of allylic oxidation sites excluding steroid dienone is 3. The van der Waals surface area contributed by atoms with Gasteiger partial charge in [-0.05, 0) is 68.9 Å². The first-order chi connectivity index (χ1) is 16.5. The van der Waals surface area contributed by atoms with Gasteiger partial charge in [0, 0.05) is 19.6 Å². The van der Waals surface area contributed by atoms with Crippen LogP contribution in [-0.2, 0) is 9.47 Å². The lowest BCUT2D eigenvalue weighted by Gasteiger charge is -2.26. The fourth-order valence-corrected chi connectivity index (χ4v) is 4.03. The molecule has 0 unspecified atom stereocenters. The molecule has 0 atom stereocenters. The van der Waals surface area contributed by atoms with E-state index in [1.165, 1.54) is 18.2 Å². The second-order valence-electron chi connectivity index (χ2n) is 8.38. The maximum absolute atomic E-state index is 14.8. The van der Waals surface area contributed by atoms with Crippen molar-refractivity contribution in [2.75, 3.05) is 19.8 Å². The third kappa shape index (κ3) is 7.03. The minimum Gasteiger partial charge on any atom is -0.490 e. The number of esters is 1. The van der Waals surface area contributed by atoms with Gasteiger partial charge in [-0.15, -0.1) is 6.58 Å². The lowest BCUT2D eigenvalue weighted by atomic mass is 9.87. The smallest absolute Gasteiger partial charge is 0.374 e. The summed E-state index contributed by atoms with van der Waals surface area (Å²) in [5, 5.41) is 0.0124. The highest BCUT2D eigenvalue weighted by Gasteiger charge is 2.25. The predicted molar refractivity (Wildman–Crippen MR) is 129 cm³/mol. The van der Waals surface area contributed by atoms with E-state index in [0.29, 0.717) is 25.6 Å². The van der Waals surface area contributed by atoms with Crippen LogP contribution in [0.1, 0.15) is 62.4 Å². The van der Waals surface area contributed by atoms with Gasteiger partial charge in [0.05, 0.1) is 6.61 Å². The zero-order chi connectivity index (χ0) is 24.3. The monoisotopic (exact) mass is 472 g/mol. The van der Waals surface area contributed by atoms with Crippen molar-refractivity contribution >= 4 is 16.7 Å². The van der Waals surface area contributed by atoms with Crippen LogP contribution in [0.25, 0.3) is 10.8 Å². The van der Waals surface area contributed by atoms with Crippen molar-refractivity contribution in [3.63, 3.8) is 0 Å². The Hall–Kier alpha value is -2.93. The Bertz CT molecular complexity index is 1050. The molecule has 0 N–H and O–H groups in total. The molecule has 0 spiro atoms. The SMILES string of the molecule is C=CCC/C=C/C1CCC(OC(=O)c2cc3ccc(OCCCOCC)c(F)c3c(=O)o2)CC1. The summed E-state index contributed by atoms with van der Waals surface area (Å²) in [6.07, 6.45) is 12.0. The van der Waals surface area contributed by atoms with Gasteiger partial charge in [0.25, 0.3) is 0 Å². The molecule has 0 saturated heterocycles. The van der Waals surface area contributed by atoms with Crippen molar-refractivity contribution < 1.29 is 27.8 Å². The molecule has 34 heavy (non-hydrogen) atoms. The molecule has 3 rings (SSSR count). The third-order valence-corrected chi connectivity index (χ3v) is 5.87. The normalized spacial score (nSPS) is 18.3. The van der Waals surface area contributed by atoms with Crippen molar-refractivity contribution in [1.29, 1.82) is 0 Å². The first-order valence-electron chi connectivity index (χ1n) is 12.0. The Morgan fingerprint density at radius 2 is 2.00 bits per heavy atom. The average Bonchev–Trinajstić information content (AvgIpc) is 2.83. The van der Waals surface area contributed by atoms with Crippen molar-refractivity contribution in [3.05, 3.63) is 65.0 Å². The van der Waals surface area contributed by atoms with E-state index in [2.05, 4.69) is 18.7 Å². The Morgan fingerprint density at radius 3 is 2.74 bits per heavy atom. The summed E-state index contributed by atoms with van der Waals surface area (Å²) in [5.74, 6) is -1.30. The minimum atomic E-state index is -0.935. The van der Waals surface area contributed by atoms with Crippen molar-refractivity contribution in [2.45, 2.75) is 58.0 Å². The Kier molecular flexibility index (Phi) is 9.89. The molecule has 1 heterocycles. The van der Waals surface area contributed by atoms with Crippen LogP contribution in [0.2, 0.25) is 0 Å². The Labute approximate surface area is 199 Å². The first kappa shape index (κ1) is 25.7. The summed E-state index contributed by atoms with van der Waals surface area (Å²) < 4.78 is 36.2. The van der Waals surface area contributed by atoms with Crippen LogP contribution in [-0.4, -0.2) is 31.9 Å². The molecule has 7 heteroatoms. The molecule has 0 amide bonds. The van der Waals surface area contributed by atoms with Gasteiger partial charge in [-0.25, -0.2) is 14.0 Å². The van der Waals surface area contributed by atoms with E-state index < -0.39 is 17.4 Å². The molecule has 0 bridgehead atoms. The largest absolute Gasteiger partial charge is 0.490 e. The van der Waals surface area contributed by atoms with Gasteiger partial charge < -0.3 is 18.6 Å². The molecular weight excluding hydrogens is 439 g/mol. The van der Waals surface area contributed by atoms with Gasteiger partial charge in [-0.1, -0.05) is 24.3 Å². The van der Waals surface area contributed by atoms with Crippen LogP contribution in [0.3, 0.4) is 0 Å². The summed E-state index contributed by atoms with van der Waals surface area (Å²) in [7, 11) is 0. The number of halogens is 1. The minimum absolute atomic E-state index is 0.0399. The highest BCUT2D eigenvalue weighted by atomic mass is 19.1. The number of fused-ring (bicyclic) bond motifs is 1. The molecule has 1 aliphatic rings. The van der Waals surface area contributed by atoms with Crippen molar-refractivity contribution in [1.82, 2.24) is 0 Å². The molecule has 1 saturated carbocycles. The van der Waals surface area contributed by atoms with Crippen LogP contribution in [0.15, 0.2) is 52.2 Å². The summed E-state index contributed by atoms with van der Waals surface area (Å²) in [6.45, 7) is 6.98. The van der Waals surface area contributed by atoms with Crippen LogP contribution < -0.4 is 10.4 Å². The lowest BCUT2D eigenvalue weighted by molar-refractivity contribution is 0.0147. The second-order valence-corrected chi connectivity index (χ2v) is 8.38. The van der Waals surface area contributed by atoms with E-state index in [9.17, 15) is 14.0 Å². The number of carbonyl (C=O) groups is 1. The highest BCUT2D eigenvalue weighted by Crippen LogP contribution is 2.29. The summed E-state index contributed by atoms with van der Waals surface area (Å²) in [5.41, 5.74) is -0.935. The fraction of sp³-hybridized carbons (Fsp3) is 0.481. The molecule has 6 nitrogen and oxygen atoms in total. The number of hydrogen-bond donors (Lipinski definition) is 0. The fourth-order valence-electron chi connectivity index (χ4n) is 4.03. The number of unbranched alkanes of at least 4 members (excludes halogenated alkanes) is 1. The second kappa shape index (κ2) is 13.1. The number of ether oxygens (including phenoxy) is 3. The Morgan fingerprint density at radius 1 is 1.21 bits per heavy atom. The zero-order valence-corrected chi connectivity index (χ0v) is 19.7. The number of benzene rings is 1. The molecular formula is C27H33FO6. The van der Waals surface area contributed by atoms with E-state index in [4.69, 9.17) is 18.6 Å². The van der Waals surface area contributed by atoms with E-state index in [-0.39, 0.29) is 35.0 Å². The van der Waals surface area contributed by atoms with Crippen LogP contribution in [0, 0.1) is 11.7 Å². The first-order valence-corrected chi connectivity index (χ1v) is 12.0. The van der Waals surface area contributed by atoms with Gasteiger partial charge in [0.2, 0.25) is 5.76 Å². The average molecular weight is 473 g/mol. The Balaban J connectivity index is 1.60. The van der Waals surface area contributed by atoms with Crippen molar-refractivity contribution in [2.24, 2.45) is 5.92 Å². The maximum atomic E-state index is 14.8. The van der Waals surface area contributed by atoms with Crippen LogP contribution >= 0.6 is 0 Å². The molecule has 184 valence electrons. The molecule has 0 aliphatic heterocycles. The standard InChI is InChI=1S/C27H33FO6/c1-3-5-6-7-9-19-10-13-21(14-11-19)33-26(29)23-18-20-12-15-22(32-17-8-16-31-4-2)25(28)24(20)27(30)34-23/h3,7,9,12,15,18-19,21H,1,4-6,8,10-11,13-14,16-17H2,2H3/b9-7+. The summed E-state index contributed by atoms with van der Waals surface area (Å²) >= 11 is 0.